The molecule has 0 saturated carbocycles. The maximum absolute atomic E-state index is 13.0. The zero-order valence-electron chi connectivity index (χ0n) is 15.5. The quantitative estimate of drug-likeness (QED) is 0.514. The number of allylic oxidation sites excluding steroid dienone is 1. The Morgan fingerprint density at radius 2 is 1.65 bits per heavy atom. The number of rotatable bonds is 1. The number of nitrogens with zero attached hydrogens (tertiary/aromatic N) is 5. The van der Waals surface area contributed by atoms with Crippen LogP contribution in [-0.2, 0) is 9.88 Å². The molecular formula is C20H11N5O6. The van der Waals surface area contributed by atoms with Crippen molar-refractivity contribution in [2.45, 2.75) is 17.4 Å². The number of fused-ring (bicyclic) bond motifs is 2. The van der Waals surface area contributed by atoms with Crippen molar-refractivity contribution in [3.05, 3.63) is 102 Å². The van der Waals surface area contributed by atoms with E-state index in [2.05, 4.69) is 10.3 Å². The minimum Gasteiger partial charge on any atom is -0.722 e. The molecule has 31 heavy (non-hydrogen) atoms. The molecule has 11 nitrogen and oxygen atoms in total. The summed E-state index contributed by atoms with van der Waals surface area (Å²) < 4.78 is 0. The Bertz CT molecular complexity index is 1300. The van der Waals surface area contributed by atoms with Crippen LogP contribution in [0.15, 0.2) is 70.2 Å². The third kappa shape index (κ3) is 1.61. The van der Waals surface area contributed by atoms with Crippen LogP contribution in [0.4, 0.5) is 0 Å². The lowest BCUT2D eigenvalue weighted by Crippen LogP contribution is -2.67. The Labute approximate surface area is 173 Å². The Balaban J connectivity index is 1.67. The molecule has 0 amide bonds. The third-order valence-corrected chi connectivity index (χ3v) is 6.98. The molecule has 4 aliphatic carbocycles. The van der Waals surface area contributed by atoms with Crippen LogP contribution < -0.4 is 0 Å². The second-order valence-electron chi connectivity index (χ2n) is 8.02. The smallest absolute Gasteiger partial charge is 0.335 e. The van der Waals surface area contributed by atoms with E-state index in [0.29, 0.717) is 0 Å². The van der Waals surface area contributed by atoms with Gasteiger partial charge in [0.2, 0.25) is 0 Å². The fourth-order valence-electron chi connectivity index (χ4n) is 6.05. The minimum atomic E-state index is -1.89. The summed E-state index contributed by atoms with van der Waals surface area (Å²) in [4.78, 5) is 34.7. The van der Waals surface area contributed by atoms with Crippen molar-refractivity contribution in [1.29, 1.82) is 0 Å². The molecule has 0 saturated heterocycles. The monoisotopic (exact) mass is 417 g/mol. The van der Waals surface area contributed by atoms with Gasteiger partial charge in [-0.1, -0.05) is 53.7 Å². The van der Waals surface area contributed by atoms with Crippen LogP contribution in [-0.4, -0.2) is 32.0 Å². The SMILES string of the molecule is O=[N+]1ON=C2C1=C1C(=NON1[O-])[C@@H]1C3c4ccccc4C(c4ccccc43)[C@]21[N+](=O)[O-]. The van der Waals surface area contributed by atoms with Gasteiger partial charge >= 0.3 is 16.9 Å². The highest BCUT2D eigenvalue weighted by Gasteiger charge is 2.80. The number of hydrogen-bond donors (Lipinski definition) is 0. The molecule has 152 valence electrons. The molecule has 2 aromatic carbocycles. The first-order chi connectivity index (χ1) is 15.1. The Morgan fingerprint density at radius 3 is 2.26 bits per heavy atom. The van der Waals surface area contributed by atoms with Gasteiger partial charge in [0.1, 0.15) is 5.71 Å². The van der Waals surface area contributed by atoms with E-state index < -0.39 is 28.2 Å². The normalized spacial score (nSPS) is 30.9. The summed E-state index contributed by atoms with van der Waals surface area (Å²) in [5, 5.41) is 33.2. The van der Waals surface area contributed by atoms with Gasteiger partial charge in [0.05, 0.1) is 11.8 Å². The van der Waals surface area contributed by atoms with Gasteiger partial charge in [-0.15, -0.1) is 0 Å². The maximum Gasteiger partial charge on any atom is 0.335 e. The average Bonchev–Trinajstić information content (AvgIpc) is 3.36. The zero-order chi connectivity index (χ0) is 21.1. The van der Waals surface area contributed by atoms with Gasteiger partial charge in [0, 0.05) is 10.8 Å². The highest BCUT2D eigenvalue weighted by Crippen LogP contribution is 2.65. The van der Waals surface area contributed by atoms with Gasteiger partial charge in [-0.05, 0) is 32.1 Å². The molecule has 0 fully saturated rings. The van der Waals surface area contributed by atoms with Crippen LogP contribution in [0.3, 0.4) is 0 Å². The van der Waals surface area contributed by atoms with Crippen molar-refractivity contribution in [2.75, 3.05) is 0 Å². The van der Waals surface area contributed by atoms with Crippen LogP contribution in [0.1, 0.15) is 34.1 Å². The second kappa shape index (κ2) is 5.13. The zero-order valence-corrected chi connectivity index (χ0v) is 15.5. The number of hydrogen-bond acceptors (Lipinski definition) is 9. The summed E-state index contributed by atoms with van der Waals surface area (Å²) in [6, 6.07) is 15.0. The summed E-state index contributed by atoms with van der Waals surface area (Å²) in [6.45, 7) is 0. The molecule has 0 radical (unpaired) electrons. The van der Waals surface area contributed by atoms with Crippen molar-refractivity contribution in [2.24, 2.45) is 16.2 Å². The van der Waals surface area contributed by atoms with Gasteiger partial charge < -0.3 is 5.21 Å². The molecule has 2 atom stereocenters. The van der Waals surface area contributed by atoms with Gasteiger partial charge in [0.25, 0.3) is 0 Å². The largest absolute Gasteiger partial charge is 0.722 e. The molecular weight excluding hydrogens is 406 g/mol. The van der Waals surface area contributed by atoms with E-state index in [0.717, 1.165) is 22.3 Å². The summed E-state index contributed by atoms with van der Waals surface area (Å²) >= 11 is 0. The molecule has 2 aliphatic heterocycles. The third-order valence-electron chi connectivity index (χ3n) is 6.98. The molecule has 8 rings (SSSR count). The maximum atomic E-state index is 13.0. The first-order valence-electron chi connectivity index (χ1n) is 9.59. The lowest BCUT2D eigenvalue weighted by Gasteiger charge is -2.51. The predicted molar refractivity (Wildman–Crippen MR) is 103 cm³/mol. The Morgan fingerprint density at radius 1 is 1.03 bits per heavy atom. The van der Waals surface area contributed by atoms with Crippen molar-refractivity contribution in [1.82, 2.24) is 5.23 Å². The molecule has 11 heteroatoms. The Hall–Kier alpha value is -4.12. The van der Waals surface area contributed by atoms with Crippen LogP contribution in [0.2, 0.25) is 0 Å². The van der Waals surface area contributed by atoms with E-state index in [1.54, 1.807) is 0 Å². The molecule has 6 aliphatic rings. The summed E-state index contributed by atoms with van der Waals surface area (Å²) in [5.41, 5.74) is 0.864. The number of benzene rings is 2. The van der Waals surface area contributed by atoms with E-state index in [1.807, 2.05) is 48.5 Å². The van der Waals surface area contributed by atoms with Gasteiger partial charge in [-0.3, -0.25) is 15.1 Å². The van der Waals surface area contributed by atoms with E-state index in [-0.39, 0.29) is 33.0 Å². The molecule has 2 heterocycles. The minimum absolute atomic E-state index is 0.0152. The van der Waals surface area contributed by atoms with Crippen molar-refractivity contribution in [3.8, 4) is 0 Å². The first kappa shape index (κ1) is 16.7. The number of hydroxylamine groups is 2. The van der Waals surface area contributed by atoms with E-state index >= 15 is 0 Å². The Kier molecular flexibility index (Phi) is 2.76. The lowest BCUT2D eigenvalue weighted by atomic mass is 9.47. The first-order valence-corrected chi connectivity index (χ1v) is 9.59. The van der Waals surface area contributed by atoms with Crippen LogP contribution >= 0.6 is 0 Å². The lowest BCUT2D eigenvalue weighted by molar-refractivity contribution is -0.758. The summed E-state index contributed by atoms with van der Waals surface area (Å²) in [6.07, 6.45) is 0. The van der Waals surface area contributed by atoms with Crippen LogP contribution in [0.25, 0.3) is 0 Å². The van der Waals surface area contributed by atoms with Crippen LogP contribution in [0.5, 0.6) is 0 Å². The average molecular weight is 417 g/mol. The number of nitro groups is 1. The van der Waals surface area contributed by atoms with Gasteiger partial charge in [-0.25, -0.2) is 5.23 Å². The predicted octanol–water partition coefficient (Wildman–Crippen LogP) is 2.32. The summed E-state index contributed by atoms with van der Waals surface area (Å²) in [5.74, 6) is -2.17. The summed E-state index contributed by atoms with van der Waals surface area (Å²) in [7, 11) is 0. The van der Waals surface area contributed by atoms with Crippen molar-refractivity contribution in [3.63, 3.8) is 0 Å². The highest BCUT2D eigenvalue weighted by molar-refractivity contribution is 6.21. The van der Waals surface area contributed by atoms with Crippen molar-refractivity contribution < 1.29 is 19.7 Å². The molecule has 2 bridgehead atoms. The molecule has 0 N–H and O–H groups in total. The van der Waals surface area contributed by atoms with E-state index in [4.69, 9.17) is 9.88 Å². The number of oxime groups is 2. The van der Waals surface area contributed by atoms with E-state index in [9.17, 15) is 20.2 Å². The van der Waals surface area contributed by atoms with Gasteiger partial charge in [0.15, 0.2) is 15.8 Å². The standard InChI is InChI=1S/C20H11N5O6/c26-23-17-16(21-30-23)15-13-9-5-1-3-7-11(9)14(12-8-4-2-6-10(12)13)20(15,25(28)29)19-18(17)24(27)31-22-19/h1-8,13-15H/t13?,14?,15-,20+/m0/s1. The highest BCUT2D eigenvalue weighted by atomic mass is 17.0. The van der Waals surface area contributed by atoms with E-state index in [1.165, 1.54) is 0 Å². The fraction of sp³-hybridized carbons (Fsp3) is 0.200. The molecule has 0 unspecified atom stereocenters. The molecule has 0 aromatic heterocycles. The molecule has 0 spiro atoms. The van der Waals surface area contributed by atoms with Crippen molar-refractivity contribution >= 4 is 11.4 Å². The molecule has 2 aromatic rings. The fourth-order valence-corrected chi connectivity index (χ4v) is 6.05. The van der Waals surface area contributed by atoms with Crippen LogP contribution in [0, 0.1) is 26.1 Å². The van der Waals surface area contributed by atoms with Gasteiger partial charge in [-0.2, -0.15) is 0 Å². The second-order valence-corrected chi connectivity index (χ2v) is 8.02. The topological polar surface area (TPSA) is 133 Å².